The van der Waals surface area contributed by atoms with E-state index in [0.29, 0.717) is 25.4 Å². The number of sulfonamides is 1. The second-order valence-corrected chi connectivity index (χ2v) is 8.99. The molecule has 1 N–H and O–H groups in total. The van der Waals surface area contributed by atoms with Crippen LogP contribution in [0.25, 0.3) is 0 Å². The van der Waals surface area contributed by atoms with Gasteiger partial charge < -0.3 is 10.1 Å². The predicted octanol–water partition coefficient (Wildman–Crippen LogP) is 3.88. The Morgan fingerprint density at radius 1 is 1.15 bits per heavy atom. The number of amides is 1. The summed E-state index contributed by atoms with van der Waals surface area (Å²) in [5, 5.41) is 2.78. The van der Waals surface area contributed by atoms with Crippen molar-refractivity contribution in [3.8, 4) is 5.75 Å². The summed E-state index contributed by atoms with van der Waals surface area (Å²) >= 11 is 3.34. The number of benzene rings is 2. The first-order valence-corrected chi connectivity index (χ1v) is 11.0. The molecule has 1 aliphatic heterocycles. The number of nitrogens with one attached hydrogen (secondary N) is 1. The largest absolute Gasteiger partial charge is 0.492 e. The zero-order chi connectivity index (χ0) is 19.4. The van der Waals surface area contributed by atoms with Crippen LogP contribution in [0.4, 0.5) is 5.69 Å². The minimum atomic E-state index is -3.70. The van der Waals surface area contributed by atoms with Gasteiger partial charge in [-0.15, -0.1) is 0 Å². The third-order valence-corrected chi connectivity index (χ3v) is 6.74. The van der Waals surface area contributed by atoms with Gasteiger partial charge in [-0.3, -0.25) is 4.79 Å². The van der Waals surface area contributed by atoms with E-state index >= 15 is 0 Å². The summed E-state index contributed by atoms with van der Waals surface area (Å²) in [6.45, 7) is 3.11. The predicted molar refractivity (Wildman–Crippen MR) is 108 cm³/mol. The van der Waals surface area contributed by atoms with Crippen molar-refractivity contribution >= 4 is 37.5 Å². The molecule has 2 aromatic carbocycles. The molecule has 6 nitrogen and oxygen atoms in total. The Kier molecular flexibility index (Phi) is 6.18. The summed E-state index contributed by atoms with van der Waals surface area (Å²) < 4.78 is 33.9. The molecule has 1 amide bonds. The Hall–Kier alpha value is -1.90. The van der Waals surface area contributed by atoms with E-state index in [1.807, 2.05) is 12.1 Å². The van der Waals surface area contributed by atoms with Crippen LogP contribution in [0.5, 0.6) is 5.75 Å². The molecule has 0 aromatic heterocycles. The molecule has 1 heterocycles. The fourth-order valence-electron chi connectivity index (χ4n) is 2.93. The highest BCUT2D eigenvalue weighted by atomic mass is 79.9. The number of nitrogens with zero attached hydrogens (tertiary/aromatic N) is 1. The molecule has 1 saturated heterocycles. The first-order chi connectivity index (χ1) is 12.9. The van der Waals surface area contributed by atoms with Crippen molar-refractivity contribution in [3.63, 3.8) is 0 Å². The monoisotopic (exact) mass is 452 g/mol. The number of anilines is 1. The van der Waals surface area contributed by atoms with Gasteiger partial charge in [0.25, 0.3) is 5.91 Å². The van der Waals surface area contributed by atoms with Gasteiger partial charge in [0.1, 0.15) is 10.6 Å². The van der Waals surface area contributed by atoms with E-state index in [4.69, 9.17) is 4.74 Å². The number of rotatable bonds is 6. The molecule has 0 saturated carbocycles. The summed E-state index contributed by atoms with van der Waals surface area (Å²) in [6.07, 6.45) is 1.68. The van der Waals surface area contributed by atoms with Gasteiger partial charge >= 0.3 is 0 Å². The molecule has 27 heavy (non-hydrogen) atoms. The molecule has 0 aliphatic carbocycles. The Bertz CT molecular complexity index is 923. The van der Waals surface area contributed by atoms with Crippen molar-refractivity contribution in [1.29, 1.82) is 0 Å². The molecule has 0 atom stereocenters. The molecule has 8 heteroatoms. The van der Waals surface area contributed by atoms with Gasteiger partial charge in [-0.1, -0.05) is 15.9 Å². The van der Waals surface area contributed by atoms with Crippen LogP contribution in [0.2, 0.25) is 0 Å². The highest BCUT2D eigenvalue weighted by Gasteiger charge is 2.30. The fourth-order valence-corrected chi connectivity index (χ4v) is 4.87. The third kappa shape index (κ3) is 4.51. The maximum Gasteiger partial charge on any atom is 0.255 e. The SMILES string of the molecule is CCOc1ccc(C(=O)Nc2ccc(Br)cc2)cc1S(=O)(=O)N1CCCC1. The van der Waals surface area contributed by atoms with Crippen molar-refractivity contribution in [2.75, 3.05) is 25.0 Å². The standard InChI is InChI=1S/C19H21BrN2O4S/c1-2-26-17-10-5-14(19(23)21-16-8-6-15(20)7-9-16)13-18(17)27(24,25)22-11-3-4-12-22/h5-10,13H,2-4,11-12H2,1H3,(H,21,23). The molecule has 0 bridgehead atoms. The lowest BCUT2D eigenvalue weighted by atomic mass is 10.2. The van der Waals surface area contributed by atoms with E-state index in [-0.39, 0.29) is 22.1 Å². The molecule has 0 spiro atoms. The first kappa shape index (κ1) is 19.9. The Balaban J connectivity index is 1.92. The number of hydrogen-bond acceptors (Lipinski definition) is 4. The molecule has 144 valence electrons. The van der Waals surface area contributed by atoms with Crippen LogP contribution in [-0.2, 0) is 10.0 Å². The van der Waals surface area contributed by atoms with Crippen LogP contribution in [0, 0.1) is 0 Å². The number of halogens is 1. The van der Waals surface area contributed by atoms with Crippen molar-refractivity contribution in [2.45, 2.75) is 24.7 Å². The Labute approximate surface area is 167 Å². The van der Waals surface area contributed by atoms with Gasteiger partial charge in [-0.25, -0.2) is 8.42 Å². The zero-order valence-electron chi connectivity index (χ0n) is 14.9. The lowest BCUT2D eigenvalue weighted by Gasteiger charge is -2.19. The molecule has 1 fully saturated rings. The van der Waals surface area contributed by atoms with Gasteiger partial charge in [0.2, 0.25) is 10.0 Å². The van der Waals surface area contributed by atoms with Crippen LogP contribution in [0.15, 0.2) is 51.8 Å². The molecule has 0 unspecified atom stereocenters. The van der Waals surface area contributed by atoms with Gasteiger partial charge in [-0.2, -0.15) is 4.31 Å². The molecular weight excluding hydrogens is 432 g/mol. The van der Waals surface area contributed by atoms with Crippen molar-refractivity contribution in [2.24, 2.45) is 0 Å². The second-order valence-electron chi connectivity index (χ2n) is 6.17. The van der Waals surface area contributed by atoms with Crippen LogP contribution in [-0.4, -0.2) is 38.3 Å². The minimum Gasteiger partial charge on any atom is -0.492 e. The van der Waals surface area contributed by atoms with Gasteiger partial charge in [0.05, 0.1) is 6.61 Å². The Morgan fingerprint density at radius 3 is 2.44 bits per heavy atom. The van der Waals surface area contributed by atoms with Gasteiger partial charge in [0.15, 0.2) is 0 Å². The topological polar surface area (TPSA) is 75.7 Å². The van der Waals surface area contributed by atoms with E-state index < -0.39 is 10.0 Å². The fraction of sp³-hybridized carbons (Fsp3) is 0.316. The summed E-state index contributed by atoms with van der Waals surface area (Å²) in [7, 11) is -3.70. The molecule has 1 aliphatic rings. The normalized spacial score (nSPS) is 14.9. The van der Waals surface area contributed by atoms with E-state index in [0.717, 1.165) is 17.3 Å². The lowest BCUT2D eigenvalue weighted by molar-refractivity contribution is 0.102. The maximum atomic E-state index is 13.0. The highest BCUT2D eigenvalue weighted by molar-refractivity contribution is 9.10. The van der Waals surface area contributed by atoms with Crippen molar-refractivity contribution in [3.05, 3.63) is 52.5 Å². The van der Waals surface area contributed by atoms with E-state index in [9.17, 15) is 13.2 Å². The third-order valence-electron chi connectivity index (χ3n) is 4.29. The number of hydrogen-bond donors (Lipinski definition) is 1. The number of carbonyl (C=O) groups excluding carboxylic acids is 1. The number of ether oxygens (including phenoxy) is 1. The first-order valence-electron chi connectivity index (χ1n) is 8.75. The molecular formula is C19H21BrN2O4S. The van der Waals surface area contributed by atoms with Crippen LogP contribution < -0.4 is 10.1 Å². The molecule has 2 aromatic rings. The minimum absolute atomic E-state index is 0.0368. The maximum absolute atomic E-state index is 13.0. The zero-order valence-corrected chi connectivity index (χ0v) is 17.3. The summed E-state index contributed by atoms with van der Waals surface area (Å²) in [5.41, 5.74) is 0.889. The van der Waals surface area contributed by atoms with E-state index in [1.54, 1.807) is 31.2 Å². The summed E-state index contributed by atoms with van der Waals surface area (Å²) in [4.78, 5) is 12.6. The summed E-state index contributed by atoms with van der Waals surface area (Å²) in [5.74, 6) is -0.108. The average molecular weight is 453 g/mol. The smallest absolute Gasteiger partial charge is 0.255 e. The van der Waals surface area contributed by atoms with Crippen LogP contribution in [0.3, 0.4) is 0 Å². The lowest BCUT2D eigenvalue weighted by Crippen LogP contribution is -2.28. The number of carbonyl (C=O) groups is 1. The van der Waals surface area contributed by atoms with Crippen LogP contribution in [0.1, 0.15) is 30.1 Å². The van der Waals surface area contributed by atoms with Crippen LogP contribution >= 0.6 is 15.9 Å². The van der Waals surface area contributed by atoms with Gasteiger partial charge in [-0.05, 0) is 62.2 Å². The van der Waals surface area contributed by atoms with Crippen molar-refractivity contribution in [1.82, 2.24) is 4.31 Å². The second kappa shape index (κ2) is 8.41. The highest BCUT2D eigenvalue weighted by Crippen LogP contribution is 2.30. The summed E-state index contributed by atoms with van der Waals surface area (Å²) in [6, 6.07) is 11.7. The van der Waals surface area contributed by atoms with E-state index in [1.165, 1.54) is 10.4 Å². The quantitative estimate of drug-likeness (QED) is 0.721. The van der Waals surface area contributed by atoms with E-state index in [2.05, 4.69) is 21.2 Å². The van der Waals surface area contributed by atoms with Gasteiger partial charge in [0, 0.05) is 28.8 Å². The molecule has 3 rings (SSSR count). The average Bonchev–Trinajstić information content (AvgIpc) is 3.19. The van der Waals surface area contributed by atoms with Crippen molar-refractivity contribution < 1.29 is 17.9 Å². The molecule has 0 radical (unpaired) electrons. The Morgan fingerprint density at radius 2 is 1.81 bits per heavy atom.